The van der Waals surface area contributed by atoms with E-state index in [2.05, 4.69) is 4.90 Å². The number of rotatable bonds is 4. The lowest BCUT2D eigenvalue weighted by Gasteiger charge is -2.36. The summed E-state index contributed by atoms with van der Waals surface area (Å²) in [5, 5.41) is 0.647. The van der Waals surface area contributed by atoms with Crippen LogP contribution < -0.4 is 0 Å². The fourth-order valence-electron chi connectivity index (χ4n) is 3.85. The second kappa shape index (κ2) is 7.75. The zero-order chi connectivity index (χ0) is 18.0. The summed E-state index contributed by atoms with van der Waals surface area (Å²) in [4.78, 5) is 30.8. The van der Waals surface area contributed by atoms with Crippen molar-refractivity contribution in [2.24, 2.45) is 5.92 Å². The molecule has 5 nitrogen and oxygen atoms in total. The van der Waals surface area contributed by atoms with E-state index in [1.165, 1.54) is 0 Å². The summed E-state index contributed by atoms with van der Waals surface area (Å²) >= 11 is 6.21. The van der Waals surface area contributed by atoms with Gasteiger partial charge in [-0.3, -0.25) is 14.5 Å². The number of halogens is 1. The summed E-state index contributed by atoms with van der Waals surface area (Å²) in [6, 6.07) is 7.73. The van der Waals surface area contributed by atoms with E-state index in [4.69, 9.17) is 11.6 Å². The van der Waals surface area contributed by atoms with E-state index >= 15 is 0 Å². The van der Waals surface area contributed by atoms with Crippen LogP contribution in [0, 0.1) is 5.92 Å². The van der Waals surface area contributed by atoms with Gasteiger partial charge in [-0.15, -0.1) is 0 Å². The van der Waals surface area contributed by atoms with Gasteiger partial charge in [0.25, 0.3) is 0 Å². The molecule has 136 valence electrons. The molecule has 1 aromatic carbocycles. The fourth-order valence-corrected chi connectivity index (χ4v) is 4.06. The Balaban J connectivity index is 1.67. The van der Waals surface area contributed by atoms with Gasteiger partial charge in [0.2, 0.25) is 11.8 Å². The smallest absolute Gasteiger partial charge is 0.236 e. The van der Waals surface area contributed by atoms with E-state index in [9.17, 15) is 9.59 Å². The number of likely N-dealkylation sites (N-methyl/N-ethyl adjacent to an activating group) is 1. The molecule has 3 fully saturated rings. The van der Waals surface area contributed by atoms with Crippen LogP contribution in [0.5, 0.6) is 0 Å². The zero-order valence-electron chi connectivity index (χ0n) is 14.9. The Morgan fingerprint density at radius 3 is 2.64 bits per heavy atom. The maximum atomic E-state index is 12.9. The Labute approximate surface area is 154 Å². The number of nitrogens with zero attached hydrogens (tertiary/aromatic N) is 3. The summed E-state index contributed by atoms with van der Waals surface area (Å²) in [5.74, 6) is 0.711. The predicted molar refractivity (Wildman–Crippen MR) is 98.5 cm³/mol. The normalized spacial score (nSPS) is 23.4. The van der Waals surface area contributed by atoms with Gasteiger partial charge in [0.1, 0.15) is 0 Å². The van der Waals surface area contributed by atoms with Crippen LogP contribution in [0.2, 0.25) is 5.02 Å². The molecule has 0 radical (unpaired) electrons. The van der Waals surface area contributed by atoms with Gasteiger partial charge in [-0.05, 0) is 30.4 Å². The van der Waals surface area contributed by atoms with Crippen LogP contribution in [0.4, 0.5) is 0 Å². The van der Waals surface area contributed by atoms with Gasteiger partial charge in [-0.25, -0.2) is 0 Å². The molecule has 6 heteroatoms. The van der Waals surface area contributed by atoms with Crippen LogP contribution in [0.25, 0.3) is 0 Å². The molecule has 0 aromatic heterocycles. The highest BCUT2D eigenvalue weighted by Gasteiger charge is 2.37. The van der Waals surface area contributed by atoms with E-state index < -0.39 is 0 Å². The zero-order valence-corrected chi connectivity index (χ0v) is 15.7. The summed E-state index contributed by atoms with van der Waals surface area (Å²) in [6.07, 6.45) is 2.50. The van der Waals surface area contributed by atoms with Crippen LogP contribution in [-0.2, 0) is 16.0 Å². The second-order valence-electron chi connectivity index (χ2n) is 7.39. The lowest BCUT2D eigenvalue weighted by molar-refractivity contribution is -0.134. The predicted octanol–water partition coefficient (Wildman–Crippen LogP) is 1.89. The van der Waals surface area contributed by atoms with Crippen molar-refractivity contribution >= 4 is 23.4 Å². The standard InChI is InChI=1S/C19H26ClN3O2/c1-21(2)19(25)13-22-10-14-7-8-16(12-22)23(11-14)18(24)9-15-5-3-4-6-17(15)20/h3-6,14,16H,7-13H2,1-2H3/t14-,16+/m0/s1. The van der Waals surface area contributed by atoms with Crippen LogP contribution in [0.15, 0.2) is 24.3 Å². The quantitative estimate of drug-likeness (QED) is 0.820. The number of carbonyl (C=O) groups is 2. The molecule has 4 rings (SSSR count). The monoisotopic (exact) mass is 363 g/mol. The van der Waals surface area contributed by atoms with Crippen LogP contribution >= 0.6 is 11.6 Å². The maximum Gasteiger partial charge on any atom is 0.236 e. The molecule has 0 saturated carbocycles. The Kier molecular flexibility index (Phi) is 5.64. The molecule has 3 aliphatic heterocycles. The number of amides is 2. The van der Waals surface area contributed by atoms with E-state index in [1.54, 1.807) is 19.0 Å². The Morgan fingerprint density at radius 1 is 1.16 bits per heavy atom. The average molecular weight is 364 g/mol. The van der Waals surface area contributed by atoms with E-state index in [-0.39, 0.29) is 17.9 Å². The molecule has 0 unspecified atom stereocenters. The lowest BCUT2D eigenvalue weighted by atomic mass is 9.94. The number of hydrogen-bond acceptors (Lipinski definition) is 3. The van der Waals surface area contributed by atoms with Crippen molar-refractivity contribution in [1.29, 1.82) is 0 Å². The van der Waals surface area contributed by atoms with Crippen molar-refractivity contribution in [2.45, 2.75) is 25.3 Å². The number of benzene rings is 1. The van der Waals surface area contributed by atoms with Gasteiger partial charge in [0.05, 0.1) is 13.0 Å². The topological polar surface area (TPSA) is 43.9 Å². The summed E-state index contributed by atoms with van der Waals surface area (Å²) in [5.41, 5.74) is 0.883. The average Bonchev–Trinajstić information content (AvgIpc) is 2.87. The molecule has 0 aliphatic carbocycles. The SMILES string of the molecule is CN(C)C(=O)CN1C[C@@H]2CC[C@H](C1)N(C(=O)Cc1ccccc1Cl)C2. The largest absolute Gasteiger partial charge is 0.348 e. The third-order valence-corrected chi connectivity index (χ3v) is 5.64. The third kappa shape index (κ3) is 4.33. The Morgan fingerprint density at radius 2 is 1.92 bits per heavy atom. The first-order chi connectivity index (χ1) is 11.9. The van der Waals surface area contributed by atoms with Crippen LogP contribution in [0.3, 0.4) is 0 Å². The molecule has 0 spiro atoms. The molecule has 0 N–H and O–H groups in total. The van der Waals surface area contributed by atoms with E-state index in [0.29, 0.717) is 23.9 Å². The van der Waals surface area contributed by atoms with Crippen molar-refractivity contribution in [3.05, 3.63) is 34.9 Å². The molecule has 3 saturated heterocycles. The van der Waals surface area contributed by atoms with Crippen molar-refractivity contribution < 1.29 is 9.59 Å². The summed E-state index contributed by atoms with van der Waals surface area (Å²) < 4.78 is 0. The summed E-state index contributed by atoms with van der Waals surface area (Å²) in [7, 11) is 3.57. The number of carbonyl (C=O) groups excluding carboxylic acids is 2. The van der Waals surface area contributed by atoms with Crippen LogP contribution in [-0.4, -0.2) is 72.8 Å². The first-order valence-corrected chi connectivity index (χ1v) is 9.27. The van der Waals surface area contributed by atoms with Gasteiger partial charge in [-0.1, -0.05) is 29.8 Å². The van der Waals surface area contributed by atoms with E-state index in [0.717, 1.165) is 38.0 Å². The molecule has 1 aromatic rings. The first-order valence-electron chi connectivity index (χ1n) is 8.89. The van der Waals surface area contributed by atoms with Gasteiger partial charge >= 0.3 is 0 Å². The Bertz CT molecular complexity index is 649. The lowest BCUT2D eigenvalue weighted by Crippen LogP contribution is -2.48. The molecule has 2 bridgehead atoms. The minimum Gasteiger partial charge on any atom is -0.348 e. The molecular formula is C19H26ClN3O2. The highest BCUT2D eigenvalue weighted by Crippen LogP contribution is 2.29. The maximum absolute atomic E-state index is 12.9. The molecule has 25 heavy (non-hydrogen) atoms. The molecule has 3 heterocycles. The molecule has 3 aliphatic rings. The fraction of sp³-hybridized carbons (Fsp3) is 0.579. The number of fused-ring (bicyclic) bond motifs is 4. The van der Waals surface area contributed by atoms with Crippen molar-refractivity contribution in [3.8, 4) is 0 Å². The Hall–Kier alpha value is -1.59. The van der Waals surface area contributed by atoms with Gasteiger partial charge < -0.3 is 9.80 Å². The minimum atomic E-state index is 0.121. The molecular weight excluding hydrogens is 338 g/mol. The molecule has 2 atom stereocenters. The summed E-state index contributed by atoms with van der Waals surface area (Å²) in [6.45, 7) is 2.91. The van der Waals surface area contributed by atoms with Crippen molar-refractivity contribution in [3.63, 3.8) is 0 Å². The first kappa shape index (κ1) is 18.2. The molecule has 2 amide bonds. The second-order valence-corrected chi connectivity index (χ2v) is 7.80. The highest BCUT2D eigenvalue weighted by atomic mass is 35.5. The van der Waals surface area contributed by atoms with Crippen molar-refractivity contribution in [1.82, 2.24) is 14.7 Å². The van der Waals surface area contributed by atoms with Gasteiger partial charge in [0, 0.05) is 44.8 Å². The third-order valence-electron chi connectivity index (χ3n) is 5.27. The van der Waals surface area contributed by atoms with Crippen molar-refractivity contribution in [2.75, 3.05) is 40.3 Å². The number of piperidine rings is 1. The van der Waals surface area contributed by atoms with Crippen LogP contribution in [0.1, 0.15) is 18.4 Å². The van der Waals surface area contributed by atoms with E-state index in [1.807, 2.05) is 29.2 Å². The minimum absolute atomic E-state index is 0.121. The van der Waals surface area contributed by atoms with Gasteiger partial charge in [-0.2, -0.15) is 0 Å². The van der Waals surface area contributed by atoms with Gasteiger partial charge in [0.15, 0.2) is 0 Å². The number of hydrogen-bond donors (Lipinski definition) is 0. The highest BCUT2D eigenvalue weighted by molar-refractivity contribution is 6.31.